The summed E-state index contributed by atoms with van der Waals surface area (Å²) in [5.74, 6) is -0.208. The van der Waals surface area contributed by atoms with E-state index in [1.165, 1.54) is 13.2 Å². The summed E-state index contributed by atoms with van der Waals surface area (Å²) >= 11 is 5.82. The Hall–Kier alpha value is -0.775. The Kier molecular flexibility index (Phi) is 3.58. The third kappa shape index (κ3) is 2.35. The van der Waals surface area contributed by atoms with E-state index in [2.05, 4.69) is 0 Å². The second-order valence-corrected chi connectivity index (χ2v) is 5.97. The molecular weight excluding hydrogens is 269 g/mol. The highest BCUT2D eigenvalue weighted by atomic mass is 35.5. The molecule has 1 fully saturated rings. The number of rotatable bonds is 2. The third-order valence-corrected chi connectivity index (χ3v) is 4.09. The van der Waals surface area contributed by atoms with Crippen LogP contribution in [0.1, 0.15) is 27.7 Å². The molecule has 1 saturated heterocycles. The van der Waals surface area contributed by atoms with E-state index in [9.17, 15) is 4.39 Å². The fourth-order valence-corrected chi connectivity index (χ4v) is 2.07. The van der Waals surface area contributed by atoms with Crippen LogP contribution in [0.5, 0.6) is 5.75 Å². The average molecular weight is 287 g/mol. The van der Waals surface area contributed by atoms with Crippen LogP contribution in [-0.4, -0.2) is 25.4 Å². The lowest BCUT2D eigenvalue weighted by molar-refractivity contribution is 0.00578. The fourth-order valence-electron chi connectivity index (χ4n) is 1.91. The number of halogens is 2. The first kappa shape index (κ1) is 14.6. The molecule has 0 aromatic heterocycles. The van der Waals surface area contributed by atoms with Gasteiger partial charge in [-0.05, 0) is 39.8 Å². The van der Waals surface area contributed by atoms with Crippen LogP contribution in [-0.2, 0) is 9.31 Å². The molecule has 0 N–H and O–H groups in total. The largest absolute Gasteiger partial charge is 0.501 e. The number of hydrogen-bond acceptors (Lipinski definition) is 3. The van der Waals surface area contributed by atoms with E-state index < -0.39 is 24.1 Å². The Morgan fingerprint density at radius 3 is 2.16 bits per heavy atom. The number of ether oxygens (including phenoxy) is 1. The van der Waals surface area contributed by atoms with Crippen molar-refractivity contribution in [3.8, 4) is 5.75 Å². The van der Waals surface area contributed by atoms with Gasteiger partial charge in [-0.15, -0.1) is 0 Å². The summed E-state index contributed by atoms with van der Waals surface area (Å²) in [5.41, 5.74) is -0.886. The minimum Gasteiger partial charge on any atom is -0.497 e. The summed E-state index contributed by atoms with van der Waals surface area (Å²) in [6.07, 6.45) is 0. The highest BCUT2D eigenvalue weighted by Crippen LogP contribution is 2.37. The number of benzene rings is 1. The standard InChI is InChI=1S/C13H17BClFO3/c1-12(2)13(3,4)19-14(18-12)10-9(17-5)7-6-8(15)11(10)16/h6-7H,1-5H3. The smallest absolute Gasteiger partial charge is 0.497 e. The van der Waals surface area contributed by atoms with Gasteiger partial charge in [0.15, 0.2) is 0 Å². The Bertz CT molecular complexity index is 489. The maximum atomic E-state index is 14.2. The average Bonchev–Trinajstić information content (AvgIpc) is 2.51. The van der Waals surface area contributed by atoms with Crippen molar-refractivity contribution in [3.63, 3.8) is 0 Å². The maximum Gasteiger partial charge on any atom is 0.501 e. The molecule has 19 heavy (non-hydrogen) atoms. The molecule has 6 heteroatoms. The van der Waals surface area contributed by atoms with E-state index in [0.717, 1.165) is 0 Å². The Morgan fingerprint density at radius 2 is 1.68 bits per heavy atom. The van der Waals surface area contributed by atoms with Gasteiger partial charge in [-0.25, -0.2) is 4.39 Å². The molecule has 2 rings (SSSR count). The quantitative estimate of drug-likeness (QED) is 0.783. The van der Waals surface area contributed by atoms with Crippen LogP contribution in [0, 0.1) is 5.82 Å². The second-order valence-electron chi connectivity index (χ2n) is 5.57. The van der Waals surface area contributed by atoms with Gasteiger partial charge in [0.2, 0.25) is 0 Å². The molecule has 0 unspecified atom stereocenters. The van der Waals surface area contributed by atoms with Crippen LogP contribution in [0.15, 0.2) is 12.1 Å². The van der Waals surface area contributed by atoms with Crippen LogP contribution >= 0.6 is 11.6 Å². The number of hydrogen-bond donors (Lipinski definition) is 0. The zero-order valence-electron chi connectivity index (χ0n) is 11.7. The van der Waals surface area contributed by atoms with Crippen LogP contribution < -0.4 is 10.2 Å². The number of methoxy groups -OCH3 is 1. The summed E-state index contributed by atoms with van der Waals surface area (Å²) in [5, 5.41) is 0.0190. The van der Waals surface area contributed by atoms with Gasteiger partial charge in [-0.3, -0.25) is 0 Å². The van der Waals surface area contributed by atoms with Gasteiger partial charge in [0.05, 0.1) is 28.8 Å². The van der Waals surface area contributed by atoms with E-state index in [4.69, 9.17) is 25.6 Å². The molecule has 0 amide bonds. The van der Waals surface area contributed by atoms with E-state index >= 15 is 0 Å². The minimum absolute atomic E-state index is 0.0190. The van der Waals surface area contributed by atoms with Crippen LogP contribution in [0.4, 0.5) is 4.39 Å². The molecule has 0 saturated carbocycles. The van der Waals surface area contributed by atoms with E-state index in [1.807, 2.05) is 27.7 Å². The molecule has 3 nitrogen and oxygen atoms in total. The topological polar surface area (TPSA) is 27.7 Å². The lowest BCUT2D eigenvalue weighted by Gasteiger charge is -2.32. The summed E-state index contributed by atoms with van der Waals surface area (Å²) in [6.45, 7) is 7.62. The molecule has 0 atom stereocenters. The first-order valence-corrected chi connectivity index (χ1v) is 6.45. The summed E-state index contributed by atoms with van der Waals surface area (Å²) in [6, 6.07) is 3.05. The van der Waals surface area contributed by atoms with Crippen LogP contribution in [0.3, 0.4) is 0 Å². The lowest BCUT2D eigenvalue weighted by Crippen LogP contribution is -2.41. The van der Waals surface area contributed by atoms with Crippen LogP contribution in [0.25, 0.3) is 0 Å². The summed E-state index contributed by atoms with van der Waals surface area (Å²) in [7, 11) is 0.635. The maximum absolute atomic E-state index is 14.2. The highest BCUT2D eigenvalue weighted by molar-refractivity contribution is 6.63. The van der Waals surface area contributed by atoms with E-state index in [1.54, 1.807) is 6.07 Å². The Labute approximate surface area is 118 Å². The summed E-state index contributed by atoms with van der Waals surface area (Å²) in [4.78, 5) is 0. The van der Waals surface area contributed by atoms with Crippen molar-refractivity contribution in [2.75, 3.05) is 7.11 Å². The van der Waals surface area contributed by atoms with Crippen molar-refractivity contribution in [1.82, 2.24) is 0 Å². The molecule has 0 bridgehead atoms. The monoisotopic (exact) mass is 286 g/mol. The summed E-state index contributed by atoms with van der Waals surface area (Å²) < 4.78 is 31.1. The van der Waals surface area contributed by atoms with Crippen LogP contribution in [0.2, 0.25) is 5.02 Å². The van der Waals surface area contributed by atoms with E-state index in [-0.39, 0.29) is 10.5 Å². The first-order chi connectivity index (χ1) is 8.69. The van der Waals surface area contributed by atoms with Gasteiger partial charge in [0.1, 0.15) is 11.6 Å². The van der Waals surface area contributed by atoms with Gasteiger partial charge >= 0.3 is 7.12 Å². The van der Waals surface area contributed by atoms with Crippen molar-refractivity contribution >= 4 is 24.2 Å². The highest BCUT2D eigenvalue weighted by Gasteiger charge is 2.53. The predicted molar refractivity (Wildman–Crippen MR) is 73.7 cm³/mol. The van der Waals surface area contributed by atoms with Crippen molar-refractivity contribution in [3.05, 3.63) is 23.0 Å². The zero-order valence-corrected chi connectivity index (χ0v) is 12.5. The third-order valence-electron chi connectivity index (χ3n) is 3.80. The lowest BCUT2D eigenvalue weighted by atomic mass is 9.78. The van der Waals surface area contributed by atoms with Crippen molar-refractivity contribution in [2.24, 2.45) is 0 Å². The Balaban J connectivity index is 2.47. The normalized spacial score (nSPS) is 20.7. The van der Waals surface area contributed by atoms with Gasteiger partial charge in [-0.1, -0.05) is 11.6 Å². The van der Waals surface area contributed by atoms with Crippen molar-refractivity contribution in [1.29, 1.82) is 0 Å². The van der Waals surface area contributed by atoms with Gasteiger partial charge in [-0.2, -0.15) is 0 Å². The molecule has 1 heterocycles. The molecule has 0 spiro atoms. The molecule has 0 radical (unpaired) electrons. The SMILES string of the molecule is COc1ccc(Cl)c(F)c1B1OC(C)(C)C(C)(C)O1. The predicted octanol–water partition coefficient (Wildman–Crippen LogP) is 2.79. The molecule has 1 aliphatic heterocycles. The molecule has 1 aliphatic rings. The van der Waals surface area contributed by atoms with Gasteiger partial charge < -0.3 is 14.0 Å². The van der Waals surface area contributed by atoms with Crippen molar-refractivity contribution < 1.29 is 18.4 Å². The Morgan fingerprint density at radius 1 is 1.16 bits per heavy atom. The molecular formula is C13H17BClFO3. The molecule has 1 aromatic carbocycles. The fraction of sp³-hybridized carbons (Fsp3) is 0.538. The molecule has 1 aromatic rings. The zero-order chi connectivity index (χ0) is 14.4. The molecule has 0 aliphatic carbocycles. The molecule has 104 valence electrons. The van der Waals surface area contributed by atoms with E-state index in [0.29, 0.717) is 5.75 Å². The van der Waals surface area contributed by atoms with Gasteiger partial charge in [0, 0.05) is 0 Å². The minimum atomic E-state index is -0.835. The first-order valence-electron chi connectivity index (χ1n) is 6.07. The van der Waals surface area contributed by atoms with Crippen molar-refractivity contribution in [2.45, 2.75) is 38.9 Å². The second kappa shape index (κ2) is 4.65. The van der Waals surface area contributed by atoms with Gasteiger partial charge in [0.25, 0.3) is 0 Å².